The molecule has 0 heterocycles. The molecular weight excluding hydrogens is 429 g/mol. The Morgan fingerprint density at radius 3 is 2.52 bits per heavy atom. The Bertz CT molecular complexity index is 703. The average molecular weight is 444 g/mol. The van der Waals surface area contributed by atoms with Gasteiger partial charge in [0.2, 0.25) is 0 Å². The number of hydrogen-bond acceptors (Lipinski definition) is 3. The lowest BCUT2D eigenvalue weighted by atomic mass is 10.1. The molecule has 0 spiro atoms. The van der Waals surface area contributed by atoms with Crippen LogP contribution in [0.4, 0.5) is 0 Å². The summed E-state index contributed by atoms with van der Waals surface area (Å²) in [5.41, 5.74) is 1.38. The van der Waals surface area contributed by atoms with E-state index in [1.807, 2.05) is 24.3 Å². The van der Waals surface area contributed by atoms with Gasteiger partial charge in [0, 0.05) is 20.6 Å². The first-order valence-electron chi connectivity index (χ1n) is 6.88. The Labute approximate surface area is 153 Å². The summed E-state index contributed by atoms with van der Waals surface area (Å²) >= 11 is 8.01. The van der Waals surface area contributed by atoms with Gasteiger partial charge >= 0.3 is 5.97 Å². The second kappa shape index (κ2) is 8.31. The van der Waals surface area contributed by atoms with Gasteiger partial charge in [-0.05, 0) is 64.6 Å². The number of amides is 1. The first-order valence-corrected chi connectivity index (χ1v) is 8.34. The molecule has 6 heteroatoms. The molecule has 0 unspecified atom stereocenters. The summed E-state index contributed by atoms with van der Waals surface area (Å²) in [7, 11) is 1.30. The van der Waals surface area contributed by atoms with Crippen molar-refractivity contribution in [3.63, 3.8) is 0 Å². The van der Waals surface area contributed by atoms with Crippen molar-refractivity contribution in [3.05, 3.63) is 68.3 Å². The van der Waals surface area contributed by atoms with E-state index < -0.39 is 12.0 Å². The van der Waals surface area contributed by atoms with Crippen LogP contribution in [0.15, 0.2) is 48.5 Å². The van der Waals surface area contributed by atoms with E-state index in [1.165, 1.54) is 7.11 Å². The minimum atomic E-state index is -0.749. The Balaban J connectivity index is 2.13. The largest absolute Gasteiger partial charge is 0.467 e. The van der Waals surface area contributed by atoms with Crippen LogP contribution in [0.1, 0.15) is 15.9 Å². The third-order valence-corrected chi connectivity index (χ3v) is 4.15. The third-order valence-electron chi connectivity index (χ3n) is 3.23. The molecule has 23 heavy (non-hydrogen) atoms. The molecule has 0 aliphatic rings. The zero-order valence-electron chi connectivity index (χ0n) is 12.4. The lowest BCUT2D eigenvalue weighted by Crippen LogP contribution is -2.43. The van der Waals surface area contributed by atoms with Crippen molar-refractivity contribution in [1.29, 1.82) is 0 Å². The van der Waals surface area contributed by atoms with E-state index in [0.29, 0.717) is 17.0 Å². The van der Waals surface area contributed by atoms with Crippen LogP contribution in [0.2, 0.25) is 5.02 Å². The van der Waals surface area contributed by atoms with Gasteiger partial charge in [0.1, 0.15) is 6.04 Å². The van der Waals surface area contributed by atoms with Crippen LogP contribution in [0.3, 0.4) is 0 Å². The quantitative estimate of drug-likeness (QED) is 0.569. The molecule has 0 fully saturated rings. The molecule has 1 amide bonds. The molecule has 0 aromatic heterocycles. The zero-order chi connectivity index (χ0) is 16.8. The van der Waals surface area contributed by atoms with Crippen LogP contribution in [0.5, 0.6) is 0 Å². The summed E-state index contributed by atoms with van der Waals surface area (Å²) in [6, 6.07) is 13.5. The van der Waals surface area contributed by atoms with Gasteiger partial charge in [-0.25, -0.2) is 4.79 Å². The smallest absolute Gasteiger partial charge is 0.328 e. The van der Waals surface area contributed by atoms with Gasteiger partial charge in [0.15, 0.2) is 0 Å². The molecule has 0 saturated carbocycles. The topological polar surface area (TPSA) is 55.4 Å². The van der Waals surface area contributed by atoms with Crippen LogP contribution >= 0.6 is 34.2 Å². The van der Waals surface area contributed by atoms with Crippen molar-refractivity contribution in [2.24, 2.45) is 0 Å². The molecule has 0 radical (unpaired) electrons. The number of esters is 1. The SMILES string of the molecule is COC(=O)[C@@H](Cc1cccc(I)c1)NC(=O)c1ccc(Cl)cc1. The standard InChI is InChI=1S/C17H15ClINO3/c1-23-17(22)15(10-11-3-2-4-14(19)9-11)20-16(21)12-5-7-13(18)8-6-12/h2-9,15H,10H2,1H3,(H,20,21)/t15-/m1/s1. The van der Waals surface area contributed by atoms with Crippen LogP contribution < -0.4 is 5.32 Å². The molecule has 2 rings (SSSR count). The molecule has 0 aliphatic heterocycles. The van der Waals surface area contributed by atoms with Crippen LogP contribution in [0, 0.1) is 3.57 Å². The predicted molar refractivity (Wildman–Crippen MR) is 97.6 cm³/mol. The summed E-state index contributed by atoms with van der Waals surface area (Å²) < 4.78 is 5.86. The van der Waals surface area contributed by atoms with Gasteiger partial charge in [-0.3, -0.25) is 4.79 Å². The van der Waals surface area contributed by atoms with Gasteiger partial charge in [-0.15, -0.1) is 0 Å². The van der Waals surface area contributed by atoms with E-state index in [-0.39, 0.29) is 5.91 Å². The molecule has 0 aliphatic carbocycles. The maximum Gasteiger partial charge on any atom is 0.328 e. The lowest BCUT2D eigenvalue weighted by molar-refractivity contribution is -0.142. The number of hydrogen-bond donors (Lipinski definition) is 1. The Hall–Kier alpha value is -1.60. The number of benzene rings is 2. The van der Waals surface area contributed by atoms with Crippen molar-refractivity contribution in [2.45, 2.75) is 12.5 Å². The highest BCUT2D eigenvalue weighted by Gasteiger charge is 2.22. The molecular formula is C17H15ClINO3. The highest BCUT2D eigenvalue weighted by molar-refractivity contribution is 14.1. The van der Waals surface area contributed by atoms with Crippen molar-refractivity contribution in [2.75, 3.05) is 7.11 Å². The number of halogens is 2. The maximum atomic E-state index is 12.3. The molecule has 0 saturated heterocycles. The van der Waals surface area contributed by atoms with Crippen LogP contribution in [0.25, 0.3) is 0 Å². The Kier molecular flexibility index (Phi) is 6.41. The minimum absolute atomic E-state index is 0.345. The maximum absolute atomic E-state index is 12.3. The summed E-state index contributed by atoms with van der Waals surface area (Å²) in [5.74, 6) is -0.825. The molecule has 2 aromatic rings. The third kappa shape index (κ3) is 5.21. The fourth-order valence-electron chi connectivity index (χ4n) is 2.08. The van der Waals surface area contributed by atoms with Crippen molar-refractivity contribution < 1.29 is 14.3 Å². The highest BCUT2D eigenvalue weighted by Crippen LogP contribution is 2.12. The molecule has 120 valence electrons. The fraction of sp³-hybridized carbons (Fsp3) is 0.176. The minimum Gasteiger partial charge on any atom is -0.467 e. The number of carbonyl (C=O) groups is 2. The van der Waals surface area contributed by atoms with Crippen molar-refractivity contribution >= 4 is 46.1 Å². The lowest BCUT2D eigenvalue weighted by Gasteiger charge is -2.17. The second-order valence-corrected chi connectivity index (χ2v) is 6.57. The van der Waals surface area contributed by atoms with Gasteiger partial charge in [0.25, 0.3) is 5.91 Å². The molecule has 0 bridgehead atoms. The van der Waals surface area contributed by atoms with Crippen molar-refractivity contribution in [1.82, 2.24) is 5.32 Å². The normalized spacial score (nSPS) is 11.6. The van der Waals surface area contributed by atoms with Crippen LogP contribution in [-0.4, -0.2) is 25.0 Å². The highest BCUT2D eigenvalue weighted by atomic mass is 127. The van der Waals surface area contributed by atoms with E-state index in [9.17, 15) is 9.59 Å². The van der Waals surface area contributed by atoms with Gasteiger partial charge in [-0.2, -0.15) is 0 Å². The van der Waals surface area contributed by atoms with Gasteiger partial charge in [0.05, 0.1) is 7.11 Å². The van der Waals surface area contributed by atoms with E-state index >= 15 is 0 Å². The summed E-state index contributed by atoms with van der Waals surface area (Å²) in [6.07, 6.45) is 0.364. The summed E-state index contributed by atoms with van der Waals surface area (Å²) in [5, 5.41) is 3.26. The van der Waals surface area contributed by atoms with E-state index in [2.05, 4.69) is 27.9 Å². The summed E-state index contributed by atoms with van der Waals surface area (Å²) in [6.45, 7) is 0. The van der Waals surface area contributed by atoms with E-state index in [1.54, 1.807) is 24.3 Å². The number of methoxy groups -OCH3 is 1. The Morgan fingerprint density at radius 1 is 1.22 bits per heavy atom. The first kappa shape index (κ1) is 17.7. The zero-order valence-corrected chi connectivity index (χ0v) is 15.3. The number of rotatable bonds is 5. The van der Waals surface area contributed by atoms with E-state index in [4.69, 9.17) is 16.3 Å². The number of ether oxygens (including phenoxy) is 1. The first-order chi connectivity index (χ1) is 11.0. The van der Waals surface area contributed by atoms with Gasteiger partial charge < -0.3 is 10.1 Å². The number of carbonyl (C=O) groups excluding carboxylic acids is 2. The number of nitrogens with one attached hydrogen (secondary N) is 1. The monoisotopic (exact) mass is 443 g/mol. The van der Waals surface area contributed by atoms with Crippen molar-refractivity contribution in [3.8, 4) is 0 Å². The molecule has 2 aromatic carbocycles. The van der Waals surface area contributed by atoms with E-state index in [0.717, 1.165) is 9.13 Å². The van der Waals surface area contributed by atoms with Gasteiger partial charge in [-0.1, -0.05) is 23.7 Å². The Morgan fingerprint density at radius 2 is 1.91 bits per heavy atom. The molecule has 1 atom stereocenters. The molecule has 1 N–H and O–H groups in total. The molecule has 4 nitrogen and oxygen atoms in total. The average Bonchev–Trinajstić information content (AvgIpc) is 2.54. The summed E-state index contributed by atoms with van der Waals surface area (Å²) in [4.78, 5) is 24.2. The fourth-order valence-corrected chi connectivity index (χ4v) is 2.81. The second-order valence-electron chi connectivity index (χ2n) is 4.89. The predicted octanol–water partition coefficient (Wildman–Crippen LogP) is 3.46. The van der Waals surface area contributed by atoms with Crippen LogP contribution in [-0.2, 0) is 16.0 Å².